The van der Waals surface area contributed by atoms with Gasteiger partial charge in [-0.1, -0.05) is 0 Å². The lowest BCUT2D eigenvalue weighted by molar-refractivity contribution is -0.0778. The molecule has 0 bridgehead atoms. The molecule has 0 aliphatic heterocycles. The molecule has 0 saturated heterocycles. The van der Waals surface area contributed by atoms with Gasteiger partial charge >= 0.3 is 0 Å². The van der Waals surface area contributed by atoms with Crippen molar-refractivity contribution >= 4 is 0 Å². The molecule has 0 aromatic carbocycles. The van der Waals surface area contributed by atoms with Crippen LogP contribution in [0.3, 0.4) is 0 Å². The van der Waals surface area contributed by atoms with Gasteiger partial charge in [0.05, 0.1) is 25.4 Å². The zero-order valence-corrected chi connectivity index (χ0v) is 6.90. The third-order valence-electron chi connectivity index (χ3n) is 1.27. The zero-order chi connectivity index (χ0) is 8.85. The van der Waals surface area contributed by atoms with Crippen LogP contribution in [0.25, 0.3) is 0 Å². The Morgan fingerprint density at radius 2 is 1.82 bits per heavy atom. The highest BCUT2D eigenvalue weighted by molar-refractivity contribution is 4.62. The van der Waals surface area contributed by atoms with Crippen LogP contribution in [-0.4, -0.2) is 46.8 Å². The highest BCUT2D eigenvalue weighted by atomic mass is 16.5. The van der Waals surface area contributed by atoms with Gasteiger partial charge in [0.1, 0.15) is 6.10 Å². The summed E-state index contributed by atoms with van der Waals surface area (Å²) in [5.74, 6) is 0. The molecule has 0 aromatic heterocycles. The molecular weight excluding hydrogens is 148 g/mol. The predicted molar refractivity (Wildman–Crippen MR) is 40.2 cm³/mol. The van der Waals surface area contributed by atoms with E-state index in [0.29, 0.717) is 0 Å². The minimum absolute atomic E-state index is 0.135. The third-order valence-corrected chi connectivity index (χ3v) is 1.27. The van der Waals surface area contributed by atoms with Crippen LogP contribution in [0, 0.1) is 0 Å². The Hall–Kier alpha value is -0.160. The quantitative estimate of drug-likeness (QED) is 0.494. The van der Waals surface area contributed by atoms with Crippen molar-refractivity contribution in [3.63, 3.8) is 0 Å². The smallest absolute Gasteiger partial charge is 0.106 e. The molecule has 0 amide bonds. The first-order valence-electron chi connectivity index (χ1n) is 3.66. The van der Waals surface area contributed by atoms with E-state index in [4.69, 9.17) is 20.1 Å². The van der Waals surface area contributed by atoms with Crippen molar-refractivity contribution in [2.24, 2.45) is 0 Å². The van der Waals surface area contributed by atoms with Gasteiger partial charge in [0.15, 0.2) is 0 Å². The van der Waals surface area contributed by atoms with E-state index in [1.54, 1.807) is 6.92 Å². The molecule has 0 fully saturated rings. The molecule has 0 saturated carbocycles. The predicted octanol–water partition coefficient (Wildman–Crippen LogP) is -0.875. The first-order valence-corrected chi connectivity index (χ1v) is 3.66. The van der Waals surface area contributed by atoms with Crippen molar-refractivity contribution in [3.05, 3.63) is 0 Å². The normalized spacial score (nSPS) is 19.4. The van der Waals surface area contributed by atoms with E-state index < -0.39 is 18.3 Å². The molecule has 0 heterocycles. The number of rotatable bonds is 5. The van der Waals surface area contributed by atoms with Gasteiger partial charge in [0, 0.05) is 0 Å². The van der Waals surface area contributed by atoms with Gasteiger partial charge in [-0.3, -0.25) is 0 Å². The summed E-state index contributed by atoms with van der Waals surface area (Å²) in [5.41, 5.74) is 0. The second-order valence-electron chi connectivity index (χ2n) is 2.64. The zero-order valence-electron chi connectivity index (χ0n) is 6.90. The van der Waals surface area contributed by atoms with Crippen molar-refractivity contribution in [1.82, 2.24) is 0 Å². The molecule has 0 aromatic rings. The van der Waals surface area contributed by atoms with Crippen LogP contribution >= 0.6 is 0 Å². The topological polar surface area (TPSA) is 69.9 Å². The van der Waals surface area contributed by atoms with Crippen molar-refractivity contribution in [1.29, 1.82) is 0 Å². The van der Waals surface area contributed by atoms with Crippen LogP contribution in [0.1, 0.15) is 13.8 Å². The summed E-state index contributed by atoms with van der Waals surface area (Å²) >= 11 is 0. The Kier molecular flexibility index (Phi) is 5.41. The summed E-state index contributed by atoms with van der Waals surface area (Å²) in [6.07, 6.45) is -1.87. The molecule has 0 rings (SSSR count). The average molecular weight is 164 g/mol. The summed E-state index contributed by atoms with van der Waals surface area (Å²) in [4.78, 5) is 0. The fraction of sp³-hybridized carbons (Fsp3) is 1.00. The number of aliphatic hydroxyl groups is 3. The highest BCUT2D eigenvalue weighted by Crippen LogP contribution is 1.98. The highest BCUT2D eigenvalue weighted by Gasteiger charge is 2.14. The van der Waals surface area contributed by atoms with Crippen LogP contribution in [0.4, 0.5) is 0 Å². The SMILES string of the molecule is C[C@H](O)COC(CO)[C@@H](C)O. The van der Waals surface area contributed by atoms with Crippen molar-refractivity contribution in [2.75, 3.05) is 13.2 Å². The average Bonchev–Trinajstić information content (AvgIpc) is 1.87. The van der Waals surface area contributed by atoms with E-state index in [0.717, 1.165) is 0 Å². The van der Waals surface area contributed by atoms with E-state index in [1.807, 2.05) is 0 Å². The van der Waals surface area contributed by atoms with Gasteiger partial charge in [-0.15, -0.1) is 0 Å². The lowest BCUT2D eigenvalue weighted by Crippen LogP contribution is -2.32. The molecule has 4 heteroatoms. The molecule has 4 nitrogen and oxygen atoms in total. The minimum atomic E-state index is -0.709. The van der Waals surface area contributed by atoms with E-state index in [1.165, 1.54) is 6.92 Å². The molecule has 0 radical (unpaired) electrons. The van der Waals surface area contributed by atoms with Gasteiger partial charge in [-0.25, -0.2) is 0 Å². The first-order chi connectivity index (χ1) is 5.07. The second kappa shape index (κ2) is 5.49. The van der Waals surface area contributed by atoms with Crippen LogP contribution < -0.4 is 0 Å². The van der Waals surface area contributed by atoms with Gasteiger partial charge in [-0.2, -0.15) is 0 Å². The Bertz CT molecular complexity index is 92.4. The van der Waals surface area contributed by atoms with E-state index in [-0.39, 0.29) is 13.2 Å². The fourth-order valence-corrected chi connectivity index (χ4v) is 0.607. The maximum Gasteiger partial charge on any atom is 0.106 e. The summed E-state index contributed by atoms with van der Waals surface area (Å²) < 4.78 is 4.96. The summed E-state index contributed by atoms with van der Waals surface area (Å²) in [6.45, 7) is 3.01. The monoisotopic (exact) mass is 164 g/mol. The number of hydrogen-bond donors (Lipinski definition) is 3. The van der Waals surface area contributed by atoms with Crippen molar-refractivity contribution in [2.45, 2.75) is 32.2 Å². The Labute approximate surface area is 66.4 Å². The Balaban J connectivity index is 3.52. The standard InChI is InChI=1S/C7H16O4/c1-5(9)4-11-7(3-8)6(2)10/h5-10H,3-4H2,1-2H3/t5-,6+,7?/m0/s1. The van der Waals surface area contributed by atoms with E-state index >= 15 is 0 Å². The number of ether oxygens (including phenoxy) is 1. The largest absolute Gasteiger partial charge is 0.394 e. The summed E-state index contributed by atoms with van der Waals surface area (Å²) in [6, 6.07) is 0. The lowest BCUT2D eigenvalue weighted by atomic mass is 10.2. The first kappa shape index (κ1) is 10.8. The molecule has 0 spiro atoms. The molecule has 0 aliphatic carbocycles. The lowest BCUT2D eigenvalue weighted by Gasteiger charge is -2.18. The van der Waals surface area contributed by atoms with Crippen LogP contribution in [0.15, 0.2) is 0 Å². The van der Waals surface area contributed by atoms with Crippen molar-refractivity contribution < 1.29 is 20.1 Å². The van der Waals surface area contributed by atoms with Crippen LogP contribution in [-0.2, 0) is 4.74 Å². The molecule has 3 N–H and O–H groups in total. The van der Waals surface area contributed by atoms with Gasteiger partial charge in [0.2, 0.25) is 0 Å². The second-order valence-corrected chi connectivity index (χ2v) is 2.64. The van der Waals surface area contributed by atoms with Crippen molar-refractivity contribution in [3.8, 4) is 0 Å². The summed E-state index contributed by atoms with van der Waals surface area (Å²) in [5, 5.41) is 26.4. The van der Waals surface area contributed by atoms with Gasteiger partial charge in [-0.05, 0) is 13.8 Å². The molecule has 11 heavy (non-hydrogen) atoms. The molecule has 1 unspecified atom stereocenters. The molecule has 3 atom stereocenters. The van der Waals surface area contributed by atoms with Crippen LogP contribution in [0.5, 0.6) is 0 Å². The van der Waals surface area contributed by atoms with E-state index in [2.05, 4.69) is 0 Å². The molecule has 0 aliphatic rings. The Morgan fingerprint density at radius 3 is 2.09 bits per heavy atom. The third kappa shape index (κ3) is 5.15. The Morgan fingerprint density at radius 1 is 1.27 bits per heavy atom. The number of hydrogen-bond acceptors (Lipinski definition) is 4. The molecular formula is C7H16O4. The van der Waals surface area contributed by atoms with Gasteiger partial charge in [0.25, 0.3) is 0 Å². The summed E-state index contributed by atoms with van der Waals surface area (Å²) in [7, 11) is 0. The fourth-order valence-electron chi connectivity index (χ4n) is 0.607. The minimum Gasteiger partial charge on any atom is -0.394 e. The maximum atomic E-state index is 8.96. The number of aliphatic hydroxyl groups excluding tert-OH is 3. The van der Waals surface area contributed by atoms with Gasteiger partial charge < -0.3 is 20.1 Å². The molecule has 68 valence electrons. The maximum absolute atomic E-state index is 8.96. The van der Waals surface area contributed by atoms with Crippen LogP contribution in [0.2, 0.25) is 0 Å². The van der Waals surface area contributed by atoms with E-state index in [9.17, 15) is 0 Å².